The molecule has 6 rings (SSSR count). The number of hydrogen-bond acceptors (Lipinski definition) is 0. The number of unbranched alkanes of at least 4 members (excludes halogenated alkanes) is 3. The van der Waals surface area contributed by atoms with Gasteiger partial charge in [0.1, 0.15) is 0 Å². The highest BCUT2D eigenvalue weighted by Crippen LogP contribution is 2.54. The first-order chi connectivity index (χ1) is 21.8. The van der Waals surface area contributed by atoms with Gasteiger partial charge in [0.15, 0.2) is 0 Å². The molecule has 0 spiro atoms. The Hall–Kier alpha value is -3.12. The Bertz CT molecular complexity index is 1590. The largest absolute Gasteiger partial charge is 0.100 e. The number of allylic oxidation sites excluding steroid dienone is 17. The maximum Gasteiger partial charge on any atom is 0.0152 e. The van der Waals surface area contributed by atoms with Gasteiger partial charge in [0.05, 0.1) is 0 Å². The normalized spacial score (nSPS) is 23.7. The molecule has 236 valence electrons. The summed E-state index contributed by atoms with van der Waals surface area (Å²) in [7, 11) is 0. The zero-order valence-electron chi connectivity index (χ0n) is 29.0. The van der Waals surface area contributed by atoms with Crippen molar-refractivity contribution in [3.8, 4) is 0 Å². The number of fused-ring (bicyclic) bond motifs is 1. The van der Waals surface area contributed by atoms with Crippen molar-refractivity contribution < 1.29 is 0 Å². The zero-order valence-corrected chi connectivity index (χ0v) is 29.0. The third-order valence-electron chi connectivity index (χ3n) is 11.3. The van der Waals surface area contributed by atoms with Crippen molar-refractivity contribution in [1.82, 2.24) is 0 Å². The Morgan fingerprint density at radius 3 is 2.56 bits per heavy atom. The highest BCUT2D eigenvalue weighted by Gasteiger charge is 2.39. The molecule has 0 heterocycles. The van der Waals surface area contributed by atoms with Crippen LogP contribution in [-0.4, -0.2) is 0 Å². The highest BCUT2D eigenvalue weighted by molar-refractivity contribution is 5.90. The van der Waals surface area contributed by atoms with E-state index < -0.39 is 0 Å². The number of rotatable bonds is 12. The third-order valence-corrected chi connectivity index (χ3v) is 11.3. The Kier molecular flexibility index (Phi) is 9.70. The van der Waals surface area contributed by atoms with E-state index in [0.717, 1.165) is 19.3 Å². The van der Waals surface area contributed by atoms with E-state index in [1.807, 2.05) is 0 Å². The smallest absolute Gasteiger partial charge is 0.0152 e. The fourth-order valence-corrected chi connectivity index (χ4v) is 8.81. The summed E-state index contributed by atoms with van der Waals surface area (Å²) in [6, 6.07) is 7.08. The van der Waals surface area contributed by atoms with E-state index in [9.17, 15) is 0 Å². The fourth-order valence-electron chi connectivity index (χ4n) is 8.81. The molecule has 1 aromatic carbocycles. The highest BCUT2D eigenvalue weighted by atomic mass is 14.4. The SMILES string of the molecule is C=C(C)CCCCCC1=C(/C=C/C2=C(C)C(=C/C=C3\C4=CCCc5cccc(c54)C3CCCC)/CC2)C(C)(C)C2=CCCC=C21. The molecule has 1 atom stereocenters. The predicted molar refractivity (Wildman–Crippen MR) is 196 cm³/mol. The van der Waals surface area contributed by atoms with Crippen molar-refractivity contribution in [3.63, 3.8) is 0 Å². The summed E-state index contributed by atoms with van der Waals surface area (Å²) >= 11 is 0. The first-order valence-corrected chi connectivity index (χ1v) is 18.2. The molecule has 0 nitrogen and oxygen atoms in total. The average molecular weight is 597 g/mol. The van der Waals surface area contributed by atoms with E-state index in [-0.39, 0.29) is 5.41 Å². The number of hydrogen-bond donors (Lipinski definition) is 0. The molecule has 45 heavy (non-hydrogen) atoms. The molecule has 0 N–H and O–H groups in total. The van der Waals surface area contributed by atoms with Crippen LogP contribution >= 0.6 is 0 Å². The maximum absolute atomic E-state index is 4.11. The average Bonchev–Trinajstić information content (AvgIpc) is 3.61. The number of aryl methyl sites for hydroxylation is 1. The molecule has 0 radical (unpaired) electrons. The predicted octanol–water partition coefficient (Wildman–Crippen LogP) is 13.3. The molecule has 0 saturated carbocycles. The summed E-state index contributed by atoms with van der Waals surface area (Å²) in [5, 5.41) is 0. The zero-order chi connectivity index (χ0) is 31.6. The lowest BCUT2D eigenvalue weighted by Crippen LogP contribution is -2.13. The molecule has 0 amide bonds. The molecule has 0 bridgehead atoms. The molecule has 5 aliphatic carbocycles. The molecule has 0 aliphatic heterocycles. The van der Waals surface area contributed by atoms with Gasteiger partial charge in [0.25, 0.3) is 0 Å². The van der Waals surface area contributed by atoms with E-state index in [4.69, 9.17) is 0 Å². The van der Waals surface area contributed by atoms with Crippen LogP contribution in [0.4, 0.5) is 0 Å². The van der Waals surface area contributed by atoms with Crippen LogP contribution in [0, 0.1) is 5.41 Å². The molecule has 5 aliphatic rings. The van der Waals surface area contributed by atoms with Gasteiger partial charge in [-0.1, -0.05) is 106 Å². The number of benzene rings is 1. The van der Waals surface area contributed by atoms with Crippen molar-refractivity contribution in [3.05, 3.63) is 134 Å². The fraction of sp³-hybridized carbons (Fsp3) is 0.467. The van der Waals surface area contributed by atoms with Gasteiger partial charge in [-0.3, -0.25) is 0 Å². The van der Waals surface area contributed by atoms with Crippen LogP contribution in [0.5, 0.6) is 0 Å². The van der Waals surface area contributed by atoms with E-state index in [1.54, 1.807) is 44.6 Å². The maximum atomic E-state index is 4.11. The van der Waals surface area contributed by atoms with Gasteiger partial charge in [-0.05, 0) is 151 Å². The minimum absolute atomic E-state index is 0.0868. The van der Waals surface area contributed by atoms with Crippen LogP contribution in [0.25, 0.3) is 5.57 Å². The molecule has 0 fully saturated rings. The first-order valence-electron chi connectivity index (χ1n) is 18.2. The van der Waals surface area contributed by atoms with Gasteiger partial charge in [-0.25, -0.2) is 0 Å². The van der Waals surface area contributed by atoms with Crippen LogP contribution in [0.3, 0.4) is 0 Å². The van der Waals surface area contributed by atoms with Crippen molar-refractivity contribution >= 4 is 5.57 Å². The second kappa shape index (κ2) is 13.7. The van der Waals surface area contributed by atoms with Crippen LogP contribution in [0.2, 0.25) is 0 Å². The van der Waals surface area contributed by atoms with Crippen molar-refractivity contribution in [2.75, 3.05) is 0 Å². The lowest BCUT2D eigenvalue weighted by Gasteiger charge is -2.25. The third kappa shape index (κ3) is 6.32. The van der Waals surface area contributed by atoms with E-state index in [1.165, 1.54) is 98.5 Å². The molecule has 0 saturated heterocycles. The summed E-state index contributed by atoms with van der Waals surface area (Å²) < 4.78 is 0. The summed E-state index contributed by atoms with van der Waals surface area (Å²) in [5.74, 6) is 0.550. The first kappa shape index (κ1) is 31.8. The molecule has 1 unspecified atom stereocenters. The summed E-state index contributed by atoms with van der Waals surface area (Å²) in [6.45, 7) is 15.9. The van der Waals surface area contributed by atoms with Crippen molar-refractivity contribution in [2.45, 2.75) is 130 Å². The van der Waals surface area contributed by atoms with E-state index in [2.05, 4.69) is 102 Å². The van der Waals surface area contributed by atoms with Crippen LogP contribution in [0.15, 0.2) is 117 Å². The quantitative estimate of drug-likeness (QED) is 0.166. The molecule has 0 heteroatoms. The van der Waals surface area contributed by atoms with Crippen LogP contribution in [0.1, 0.15) is 141 Å². The molecule has 0 aromatic heterocycles. The second-order valence-corrected chi connectivity index (χ2v) is 14.9. The van der Waals surface area contributed by atoms with Gasteiger partial charge in [-0.15, -0.1) is 6.58 Å². The van der Waals surface area contributed by atoms with Crippen LogP contribution in [-0.2, 0) is 6.42 Å². The lowest BCUT2D eigenvalue weighted by atomic mass is 9.78. The monoisotopic (exact) mass is 596 g/mol. The molecular weight excluding hydrogens is 540 g/mol. The Labute approximate surface area is 274 Å². The van der Waals surface area contributed by atoms with Crippen molar-refractivity contribution in [2.24, 2.45) is 5.41 Å². The van der Waals surface area contributed by atoms with Crippen molar-refractivity contribution in [1.29, 1.82) is 0 Å². The molecular formula is C45H56. The minimum Gasteiger partial charge on any atom is -0.100 e. The van der Waals surface area contributed by atoms with E-state index in [0.29, 0.717) is 5.92 Å². The minimum atomic E-state index is 0.0868. The Balaban J connectivity index is 1.26. The summed E-state index contributed by atoms with van der Waals surface area (Å²) in [6.07, 6.45) is 34.6. The standard InChI is InChI=1S/C45H56/c1-7-8-19-36-37(41-23-15-18-35-17-14-22-40(36)44(35)41)29-27-33-25-26-34(32(33)4)28-30-43-39(20-11-9-10-16-31(2)3)38-21-12-13-24-42(38)45(43,5)6/h14,17,21-24,27-30,36H,2,7-13,15-16,18-20,25-26H2,1,3-6H3/b30-28+,33-27+,37-29-. The summed E-state index contributed by atoms with van der Waals surface area (Å²) in [4.78, 5) is 0. The topological polar surface area (TPSA) is 0 Å². The molecule has 1 aromatic rings. The van der Waals surface area contributed by atoms with Gasteiger partial charge < -0.3 is 0 Å². The Morgan fingerprint density at radius 1 is 0.911 bits per heavy atom. The Morgan fingerprint density at radius 2 is 1.73 bits per heavy atom. The second-order valence-electron chi connectivity index (χ2n) is 14.9. The van der Waals surface area contributed by atoms with Gasteiger partial charge in [-0.2, -0.15) is 0 Å². The van der Waals surface area contributed by atoms with Gasteiger partial charge >= 0.3 is 0 Å². The van der Waals surface area contributed by atoms with Gasteiger partial charge in [0.2, 0.25) is 0 Å². The lowest BCUT2D eigenvalue weighted by molar-refractivity contribution is 0.571. The van der Waals surface area contributed by atoms with Gasteiger partial charge in [0, 0.05) is 11.3 Å². The van der Waals surface area contributed by atoms with Crippen LogP contribution < -0.4 is 0 Å². The summed E-state index contributed by atoms with van der Waals surface area (Å²) in [5.41, 5.74) is 20.1. The van der Waals surface area contributed by atoms with E-state index >= 15 is 0 Å².